The molecule has 7 nitrogen and oxygen atoms in total. The summed E-state index contributed by atoms with van der Waals surface area (Å²) in [5, 5.41) is 11.1. The van der Waals surface area contributed by atoms with Gasteiger partial charge in [0.05, 0.1) is 0 Å². The van der Waals surface area contributed by atoms with Crippen LogP contribution in [0.5, 0.6) is 0 Å². The number of H-pyrrole nitrogens is 1. The molecular weight excluding hydrogens is 328 g/mol. The highest BCUT2D eigenvalue weighted by molar-refractivity contribution is 7.98. The van der Waals surface area contributed by atoms with Gasteiger partial charge in [-0.3, -0.25) is 9.89 Å². The number of anilines is 1. The van der Waals surface area contributed by atoms with Crippen molar-refractivity contribution in [2.75, 3.05) is 5.32 Å². The minimum absolute atomic E-state index is 0.181. The maximum Gasteiger partial charge on any atom is 0.336 e. The third-order valence-electron chi connectivity index (χ3n) is 3.35. The van der Waals surface area contributed by atoms with E-state index in [9.17, 15) is 9.59 Å². The molecule has 2 aromatic heterocycles. The Morgan fingerprint density at radius 1 is 1.38 bits per heavy atom. The van der Waals surface area contributed by atoms with E-state index >= 15 is 0 Å². The number of amides is 1. The lowest BCUT2D eigenvalue weighted by molar-refractivity contribution is -0.114. The van der Waals surface area contributed by atoms with Gasteiger partial charge in [-0.25, -0.2) is 9.78 Å². The maximum atomic E-state index is 11.8. The Kier molecular flexibility index (Phi) is 4.66. The van der Waals surface area contributed by atoms with Crippen molar-refractivity contribution in [2.24, 2.45) is 0 Å². The predicted molar refractivity (Wildman–Crippen MR) is 92.1 cm³/mol. The average Bonchev–Trinajstić information content (AvgIpc) is 2.99. The Morgan fingerprint density at radius 3 is 2.92 bits per heavy atom. The summed E-state index contributed by atoms with van der Waals surface area (Å²) in [4.78, 5) is 27.3. The number of nitrogens with one attached hydrogen (secondary N) is 2. The van der Waals surface area contributed by atoms with Gasteiger partial charge in [-0.1, -0.05) is 18.7 Å². The van der Waals surface area contributed by atoms with E-state index in [-0.39, 0.29) is 5.91 Å². The monoisotopic (exact) mass is 344 g/mol. The summed E-state index contributed by atoms with van der Waals surface area (Å²) < 4.78 is 5.24. The van der Waals surface area contributed by atoms with Crippen molar-refractivity contribution in [3.05, 3.63) is 46.1 Å². The van der Waals surface area contributed by atoms with Gasteiger partial charge in [-0.05, 0) is 17.7 Å². The molecule has 0 fully saturated rings. The zero-order valence-electron chi connectivity index (χ0n) is 13.3. The fraction of sp³-hybridized carbons (Fsp3) is 0.250. The first-order valence-electron chi connectivity index (χ1n) is 7.43. The van der Waals surface area contributed by atoms with E-state index in [2.05, 4.69) is 20.5 Å². The van der Waals surface area contributed by atoms with Crippen LogP contribution in [0.4, 0.5) is 5.69 Å². The molecule has 1 aromatic carbocycles. The van der Waals surface area contributed by atoms with Gasteiger partial charge in [0.15, 0.2) is 0 Å². The third kappa shape index (κ3) is 3.65. The summed E-state index contributed by atoms with van der Waals surface area (Å²) >= 11 is 1.44. The molecule has 0 radical (unpaired) electrons. The lowest BCUT2D eigenvalue weighted by Gasteiger charge is -2.06. The van der Waals surface area contributed by atoms with Crippen LogP contribution < -0.4 is 10.9 Å². The molecule has 3 rings (SSSR count). The second kappa shape index (κ2) is 6.88. The second-order valence-electron chi connectivity index (χ2n) is 5.19. The SMILES string of the molecule is CCc1nc(SCc2cc(=O)oc3cc(NC(C)=O)ccc23)n[nH]1. The number of hydrogen-bond acceptors (Lipinski definition) is 6. The number of thioether (sulfide) groups is 1. The molecule has 0 spiro atoms. The van der Waals surface area contributed by atoms with Crippen molar-refractivity contribution in [1.29, 1.82) is 0 Å². The minimum atomic E-state index is -0.428. The maximum absolute atomic E-state index is 11.8. The standard InChI is InChI=1S/C16H16N4O3S/c1-3-14-18-16(20-19-14)24-8-10-6-15(22)23-13-7-11(17-9(2)21)4-5-12(10)13/h4-7H,3,8H2,1-2H3,(H,17,21)(H,18,19,20). The van der Waals surface area contributed by atoms with Crippen molar-refractivity contribution < 1.29 is 9.21 Å². The van der Waals surface area contributed by atoms with Crippen LogP contribution in [0.2, 0.25) is 0 Å². The van der Waals surface area contributed by atoms with Gasteiger partial charge in [0, 0.05) is 42.3 Å². The molecule has 8 heteroatoms. The Hall–Kier alpha value is -2.61. The number of aromatic nitrogens is 3. The molecule has 3 aromatic rings. The van der Waals surface area contributed by atoms with Gasteiger partial charge < -0.3 is 9.73 Å². The van der Waals surface area contributed by atoms with Gasteiger partial charge in [0.2, 0.25) is 11.1 Å². The van der Waals surface area contributed by atoms with Gasteiger partial charge >= 0.3 is 5.63 Å². The van der Waals surface area contributed by atoms with Crippen LogP contribution in [0.15, 0.2) is 38.6 Å². The second-order valence-corrected chi connectivity index (χ2v) is 6.13. The van der Waals surface area contributed by atoms with Crippen LogP contribution >= 0.6 is 11.8 Å². The fourth-order valence-corrected chi connectivity index (χ4v) is 3.08. The van der Waals surface area contributed by atoms with Crippen LogP contribution in [-0.4, -0.2) is 21.1 Å². The van der Waals surface area contributed by atoms with E-state index in [0.717, 1.165) is 23.2 Å². The molecular formula is C16H16N4O3S. The number of aromatic amines is 1. The number of benzene rings is 1. The molecule has 0 atom stereocenters. The van der Waals surface area contributed by atoms with Crippen molar-refractivity contribution in [3.8, 4) is 0 Å². The molecule has 2 N–H and O–H groups in total. The quantitative estimate of drug-likeness (QED) is 0.545. The average molecular weight is 344 g/mol. The van der Waals surface area contributed by atoms with Gasteiger partial charge in [0.1, 0.15) is 11.4 Å². The number of hydrogen-bond donors (Lipinski definition) is 2. The highest BCUT2D eigenvalue weighted by Gasteiger charge is 2.10. The van der Waals surface area contributed by atoms with E-state index < -0.39 is 5.63 Å². The first kappa shape index (κ1) is 16.3. The van der Waals surface area contributed by atoms with Crippen LogP contribution in [0, 0.1) is 0 Å². The first-order chi connectivity index (χ1) is 11.5. The Labute approximate surface area is 141 Å². The fourth-order valence-electron chi connectivity index (χ4n) is 2.27. The predicted octanol–water partition coefficient (Wildman–Crippen LogP) is 2.72. The highest BCUT2D eigenvalue weighted by Crippen LogP contribution is 2.26. The zero-order valence-corrected chi connectivity index (χ0v) is 14.1. The molecule has 124 valence electrons. The zero-order chi connectivity index (χ0) is 17.1. The van der Waals surface area contributed by atoms with E-state index in [1.165, 1.54) is 24.8 Å². The molecule has 0 bridgehead atoms. The summed E-state index contributed by atoms with van der Waals surface area (Å²) in [6, 6.07) is 6.73. The Bertz CT molecular complexity index is 948. The molecule has 0 aliphatic rings. The molecule has 0 aliphatic heterocycles. The third-order valence-corrected chi connectivity index (χ3v) is 4.25. The summed E-state index contributed by atoms with van der Waals surface area (Å²) in [5.41, 5.74) is 1.43. The van der Waals surface area contributed by atoms with Crippen molar-refractivity contribution in [3.63, 3.8) is 0 Å². The van der Waals surface area contributed by atoms with Gasteiger partial charge in [-0.15, -0.1) is 5.10 Å². The van der Waals surface area contributed by atoms with Gasteiger partial charge in [0.25, 0.3) is 0 Å². The van der Waals surface area contributed by atoms with Crippen LogP contribution in [-0.2, 0) is 17.0 Å². The number of nitrogens with zero attached hydrogens (tertiary/aromatic N) is 2. The van der Waals surface area contributed by atoms with Crippen LogP contribution in [0.25, 0.3) is 11.0 Å². The number of fused-ring (bicyclic) bond motifs is 1. The topological polar surface area (TPSA) is 101 Å². The number of rotatable bonds is 5. The lowest BCUT2D eigenvalue weighted by Crippen LogP contribution is -2.06. The summed E-state index contributed by atoms with van der Waals surface area (Å²) in [6.45, 7) is 3.42. The van der Waals surface area contributed by atoms with Crippen molar-refractivity contribution in [2.45, 2.75) is 31.2 Å². The van der Waals surface area contributed by atoms with Crippen molar-refractivity contribution in [1.82, 2.24) is 15.2 Å². The summed E-state index contributed by atoms with van der Waals surface area (Å²) in [6.07, 6.45) is 0.789. The largest absolute Gasteiger partial charge is 0.423 e. The Morgan fingerprint density at radius 2 is 2.21 bits per heavy atom. The normalized spacial score (nSPS) is 10.9. The van der Waals surface area contributed by atoms with Crippen molar-refractivity contribution >= 4 is 34.3 Å². The van der Waals surface area contributed by atoms with E-state index in [1.807, 2.05) is 13.0 Å². The minimum Gasteiger partial charge on any atom is -0.423 e. The van der Waals surface area contributed by atoms with Crippen LogP contribution in [0.3, 0.4) is 0 Å². The molecule has 2 heterocycles. The smallest absolute Gasteiger partial charge is 0.336 e. The number of carbonyl (C=O) groups is 1. The van der Waals surface area contributed by atoms with Crippen LogP contribution in [0.1, 0.15) is 25.2 Å². The van der Waals surface area contributed by atoms with E-state index in [1.54, 1.807) is 12.1 Å². The highest BCUT2D eigenvalue weighted by atomic mass is 32.2. The molecule has 24 heavy (non-hydrogen) atoms. The van der Waals surface area contributed by atoms with Gasteiger partial charge in [-0.2, -0.15) is 0 Å². The van der Waals surface area contributed by atoms with E-state index in [0.29, 0.717) is 22.2 Å². The van der Waals surface area contributed by atoms with E-state index in [4.69, 9.17) is 4.42 Å². The first-order valence-corrected chi connectivity index (χ1v) is 8.42. The number of carbonyl (C=O) groups excluding carboxylic acids is 1. The molecule has 0 aliphatic carbocycles. The Balaban J connectivity index is 1.89. The lowest BCUT2D eigenvalue weighted by atomic mass is 10.1. The molecule has 0 unspecified atom stereocenters. The number of aryl methyl sites for hydroxylation is 1. The summed E-state index contributed by atoms with van der Waals surface area (Å²) in [7, 11) is 0. The summed E-state index contributed by atoms with van der Waals surface area (Å²) in [5.74, 6) is 1.19. The molecule has 0 saturated heterocycles. The molecule has 0 saturated carbocycles. The molecule has 1 amide bonds.